The molecule has 28 heavy (non-hydrogen) atoms. The monoisotopic (exact) mass is 374 g/mol. The van der Waals surface area contributed by atoms with Crippen molar-refractivity contribution in [1.29, 1.82) is 0 Å². The highest BCUT2D eigenvalue weighted by Crippen LogP contribution is 2.17. The first kappa shape index (κ1) is 17.6. The zero-order valence-electron chi connectivity index (χ0n) is 14.9. The molecule has 0 radical (unpaired) electrons. The molecule has 0 saturated heterocycles. The summed E-state index contributed by atoms with van der Waals surface area (Å²) in [5, 5.41) is 27.0. The lowest BCUT2D eigenvalue weighted by molar-refractivity contribution is -0.635. The van der Waals surface area contributed by atoms with Gasteiger partial charge < -0.3 is 10.4 Å². The third-order valence-electron chi connectivity index (χ3n) is 4.70. The van der Waals surface area contributed by atoms with Gasteiger partial charge in [0.2, 0.25) is 0 Å². The number of nitrogens with zero attached hydrogens (tertiary/aromatic N) is 2. The molecular weight excluding hydrogens is 359 g/mol. The van der Waals surface area contributed by atoms with Gasteiger partial charge in [-0.15, -0.1) is 0 Å². The Balaban J connectivity index is 1.76. The van der Waals surface area contributed by atoms with Crippen molar-refractivity contribution in [3.63, 3.8) is 0 Å². The summed E-state index contributed by atoms with van der Waals surface area (Å²) in [5.41, 5.74) is 0.538. The maximum atomic E-state index is 13.5. The lowest BCUT2D eigenvalue weighted by Gasteiger charge is -2.09. The van der Waals surface area contributed by atoms with Crippen molar-refractivity contribution < 1.29 is 18.6 Å². The number of fused-ring (bicyclic) bond motifs is 2. The minimum atomic E-state index is -0.622. The van der Waals surface area contributed by atoms with Gasteiger partial charge in [0, 0.05) is 24.6 Å². The number of aromatic nitrogens is 2. The van der Waals surface area contributed by atoms with Gasteiger partial charge in [-0.1, -0.05) is 36.4 Å². The highest BCUT2D eigenvalue weighted by molar-refractivity contribution is 6.08. The molecule has 0 aliphatic rings. The molecule has 0 N–H and O–H groups in total. The lowest BCUT2D eigenvalue weighted by atomic mass is 10.0. The summed E-state index contributed by atoms with van der Waals surface area (Å²) < 4.78 is 14.5. The van der Waals surface area contributed by atoms with Gasteiger partial charge in [-0.2, -0.15) is 9.46 Å². The second-order valence-electron chi connectivity index (χ2n) is 6.45. The molecule has 1 heterocycles. The third kappa shape index (κ3) is 2.95. The largest absolute Gasteiger partial charge is 0.618 e. The number of benzene rings is 3. The molecule has 0 bridgehead atoms. The lowest BCUT2D eigenvalue weighted by Crippen LogP contribution is -2.43. The summed E-state index contributed by atoms with van der Waals surface area (Å²) in [7, 11) is 0. The van der Waals surface area contributed by atoms with Crippen LogP contribution >= 0.6 is 0 Å². The normalized spacial score (nSPS) is 11.5. The van der Waals surface area contributed by atoms with Crippen LogP contribution in [0.1, 0.15) is 21.7 Å². The second-order valence-corrected chi connectivity index (χ2v) is 6.45. The molecule has 0 spiro atoms. The zero-order valence-corrected chi connectivity index (χ0v) is 14.9. The van der Waals surface area contributed by atoms with E-state index in [9.17, 15) is 19.6 Å². The van der Waals surface area contributed by atoms with E-state index in [-0.39, 0.29) is 28.2 Å². The van der Waals surface area contributed by atoms with E-state index in [4.69, 9.17) is 0 Å². The average Bonchev–Trinajstić information content (AvgIpc) is 2.71. The summed E-state index contributed by atoms with van der Waals surface area (Å²) in [6.07, 6.45) is 2.53. The molecule has 5 nitrogen and oxygen atoms in total. The van der Waals surface area contributed by atoms with E-state index in [1.54, 1.807) is 12.1 Å². The summed E-state index contributed by atoms with van der Waals surface area (Å²) in [6, 6.07) is 16.4. The first-order valence-electron chi connectivity index (χ1n) is 8.62. The Labute approximate surface area is 159 Å². The molecule has 0 atom stereocenters. The average molecular weight is 374 g/mol. The molecular formula is C22H15FN2O3. The molecule has 0 unspecified atom stereocenters. The van der Waals surface area contributed by atoms with Gasteiger partial charge in [-0.25, -0.2) is 4.39 Å². The Bertz CT molecular complexity index is 1280. The number of carbonyl (C=O) groups excluding carboxylic acids is 1. The van der Waals surface area contributed by atoms with E-state index in [1.807, 2.05) is 30.3 Å². The summed E-state index contributed by atoms with van der Waals surface area (Å²) >= 11 is 0. The van der Waals surface area contributed by atoms with E-state index >= 15 is 0 Å². The molecule has 4 aromatic rings. The Kier molecular flexibility index (Phi) is 4.24. The van der Waals surface area contributed by atoms with Crippen molar-refractivity contribution in [1.82, 2.24) is 0 Å². The molecule has 4 rings (SSSR count). The van der Waals surface area contributed by atoms with Crippen LogP contribution in [0.25, 0.3) is 27.9 Å². The van der Waals surface area contributed by atoms with Crippen molar-refractivity contribution >= 4 is 33.7 Å². The van der Waals surface area contributed by atoms with Crippen molar-refractivity contribution in [3.05, 3.63) is 99.9 Å². The van der Waals surface area contributed by atoms with E-state index in [1.165, 1.54) is 25.1 Å². The number of allylic oxidation sites excluding steroid dienone is 1. The van der Waals surface area contributed by atoms with Crippen LogP contribution < -0.4 is 9.46 Å². The van der Waals surface area contributed by atoms with Gasteiger partial charge in [0.15, 0.2) is 5.78 Å². The highest BCUT2D eigenvalue weighted by Gasteiger charge is 2.23. The molecule has 0 fully saturated rings. The fourth-order valence-electron chi connectivity index (χ4n) is 3.17. The summed E-state index contributed by atoms with van der Waals surface area (Å²) in [6.45, 7) is 1.48. The van der Waals surface area contributed by atoms with Gasteiger partial charge in [-0.05, 0) is 29.0 Å². The van der Waals surface area contributed by atoms with Crippen LogP contribution in [0, 0.1) is 23.2 Å². The number of carbonyl (C=O) groups is 1. The number of halogens is 1. The molecule has 1 aromatic heterocycles. The van der Waals surface area contributed by atoms with Gasteiger partial charge >= 0.3 is 0 Å². The highest BCUT2D eigenvalue weighted by atomic mass is 19.1. The molecule has 138 valence electrons. The van der Waals surface area contributed by atoms with Crippen molar-refractivity contribution in [2.75, 3.05) is 0 Å². The molecule has 0 aliphatic carbocycles. The number of hydrogen-bond acceptors (Lipinski definition) is 3. The molecule has 6 heteroatoms. The maximum Gasteiger partial charge on any atom is 0.293 e. The van der Waals surface area contributed by atoms with Crippen molar-refractivity contribution in [2.45, 2.75) is 6.92 Å². The minimum absolute atomic E-state index is 0.0118. The second kappa shape index (κ2) is 6.74. The quantitative estimate of drug-likeness (QED) is 0.238. The van der Waals surface area contributed by atoms with Gasteiger partial charge in [0.25, 0.3) is 22.4 Å². The van der Waals surface area contributed by atoms with Gasteiger partial charge in [-0.3, -0.25) is 4.79 Å². The third-order valence-corrected chi connectivity index (χ3v) is 4.70. The Morgan fingerprint density at radius 2 is 1.68 bits per heavy atom. The van der Waals surface area contributed by atoms with Gasteiger partial charge in [0.05, 0.1) is 6.07 Å². The smallest absolute Gasteiger partial charge is 0.293 e. The van der Waals surface area contributed by atoms with Gasteiger partial charge in [0.1, 0.15) is 5.82 Å². The zero-order chi connectivity index (χ0) is 19.8. The standard InChI is InChI=1S/C22H15FN2O3/c1-14-19(25(28)21-13-18(23)8-9-20(21)24(14)27)10-11-22(26)17-7-6-15-4-2-3-5-16(15)12-17/h2-13H,1H3/b11-10+. The van der Waals surface area contributed by atoms with Crippen LogP contribution in [-0.4, -0.2) is 5.78 Å². The van der Waals surface area contributed by atoms with E-state index in [0.29, 0.717) is 15.0 Å². The Hall–Kier alpha value is -3.80. The topological polar surface area (TPSA) is 71.0 Å². The van der Waals surface area contributed by atoms with Crippen LogP contribution in [0.4, 0.5) is 4.39 Å². The first-order valence-corrected chi connectivity index (χ1v) is 8.62. The van der Waals surface area contributed by atoms with E-state index < -0.39 is 5.82 Å². The summed E-state index contributed by atoms with van der Waals surface area (Å²) in [4.78, 5) is 12.5. The number of ketones is 1. The van der Waals surface area contributed by atoms with E-state index in [0.717, 1.165) is 22.9 Å². The van der Waals surface area contributed by atoms with Crippen LogP contribution in [0.15, 0.2) is 66.7 Å². The van der Waals surface area contributed by atoms with E-state index in [2.05, 4.69) is 0 Å². The van der Waals surface area contributed by atoms with Crippen LogP contribution in [0.3, 0.4) is 0 Å². The first-order chi connectivity index (χ1) is 13.5. The molecule has 0 saturated carbocycles. The van der Waals surface area contributed by atoms with Crippen LogP contribution in [-0.2, 0) is 0 Å². The maximum absolute atomic E-state index is 13.5. The summed E-state index contributed by atoms with van der Waals surface area (Å²) in [5.74, 6) is -0.926. The van der Waals surface area contributed by atoms with Crippen molar-refractivity contribution in [2.24, 2.45) is 0 Å². The SMILES string of the molecule is Cc1c(/C=C/C(=O)c2ccc3ccccc3c2)[n+]([O-])c2cc(F)ccc2[n+]1[O-]. The fraction of sp³-hybridized carbons (Fsp3) is 0.0455. The van der Waals surface area contributed by atoms with Crippen molar-refractivity contribution in [3.8, 4) is 0 Å². The Morgan fingerprint density at radius 1 is 0.929 bits per heavy atom. The predicted octanol–water partition coefficient (Wildman–Crippen LogP) is 3.60. The molecule has 0 amide bonds. The molecule has 0 aliphatic heterocycles. The minimum Gasteiger partial charge on any atom is -0.618 e. The van der Waals surface area contributed by atoms with Crippen LogP contribution in [0.2, 0.25) is 0 Å². The van der Waals surface area contributed by atoms with Crippen LogP contribution in [0.5, 0.6) is 0 Å². The predicted molar refractivity (Wildman–Crippen MR) is 104 cm³/mol. The molecule has 3 aromatic carbocycles. The number of hydrogen-bond donors (Lipinski definition) is 0. The fourth-order valence-corrected chi connectivity index (χ4v) is 3.17. The Morgan fingerprint density at radius 3 is 2.46 bits per heavy atom. The number of rotatable bonds is 3.